The Balaban J connectivity index is 1.94. The average Bonchev–Trinajstić information content (AvgIpc) is 2.91. The van der Waals surface area contributed by atoms with Gasteiger partial charge >= 0.3 is 0 Å². The van der Waals surface area contributed by atoms with Crippen molar-refractivity contribution in [1.82, 2.24) is 4.90 Å². The van der Waals surface area contributed by atoms with E-state index in [-0.39, 0.29) is 22.1 Å². The number of hydrogen-bond donors (Lipinski definition) is 2. The van der Waals surface area contributed by atoms with Crippen LogP contribution < -0.4 is 11.1 Å². The first-order chi connectivity index (χ1) is 12.3. The third kappa shape index (κ3) is 3.42. The number of nitrogens with one attached hydrogen (secondary N) is 1. The number of carbonyl (C=O) groups is 3. The molecule has 6 nitrogen and oxygen atoms in total. The van der Waals surface area contributed by atoms with Crippen LogP contribution >= 0.6 is 22.9 Å². The molecule has 0 aliphatic carbocycles. The molecular weight excluding hydrogens is 381 g/mol. The van der Waals surface area contributed by atoms with Gasteiger partial charge in [0.15, 0.2) is 0 Å². The largest absolute Gasteiger partial charge is 0.365 e. The molecule has 1 aromatic carbocycles. The van der Waals surface area contributed by atoms with Crippen molar-refractivity contribution in [2.45, 2.75) is 19.9 Å². The molecule has 0 radical (unpaired) electrons. The SMILES string of the molecule is CC(=O)N1CCc2c(sc(NC(=O)c3ccc(F)cc3Cl)c2C(N)=O)C1. The first kappa shape index (κ1) is 18.3. The molecule has 3 N–H and O–H groups in total. The quantitative estimate of drug-likeness (QED) is 0.836. The van der Waals surface area contributed by atoms with Crippen LogP contribution in [0, 0.1) is 5.82 Å². The standard InChI is InChI=1S/C17H15ClFN3O3S/c1-8(23)22-5-4-11-13(7-22)26-17(14(11)15(20)24)21-16(25)10-3-2-9(19)6-12(10)18/h2-3,6H,4-5,7H2,1H3,(H2,20,24)(H,21,25). The fraction of sp³-hybridized carbons (Fsp3) is 0.235. The first-order valence-electron chi connectivity index (χ1n) is 7.74. The summed E-state index contributed by atoms with van der Waals surface area (Å²) >= 11 is 7.11. The predicted molar refractivity (Wildman–Crippen MR) is 97.0 cm³/mol. The van der Waals surface area contributed by atoms with Crippen LogP contribution in [-0.4, -0.2) is 29.2 Å². The lowest BCUT2D eigenvalue weighted by atomic mass is 10.0. The van der Waals surface area contributed by atoms with Crippen molar-refractivity contribution in [3.63, 3.8) is 0 Å². The number of hydrogen-bond acceptors (Lipinski definition) is 4. The minimum absolute atomic E-state index is 0.0350. The van der Waals surface area contributed by atoms with Gasteiger partial charge in [0, 0.05) is 18.3 Å². The topological polar surface area (TPSA) is 92.5 Å². The van der Waals surface area contributed by atoms with Crippen molar-refractivity contribution in [3.05, 3.63) is 50.6 Å². The molecule has 2 heterocycles. The molecule has 1 aromatic heterocycles. The molecule has 136 valence electrons. The highest BCUT2D eigenvalue weighted by Gasteiger charge is 2.28. The van der Waals surface area contributed by atoms with Gasteiger partial charge in [0.25, 0.3) is 11.8 Å². The molecule has 9 heteroatoms. The Kier molecular flexibility index (Phi) is 4.97. The zero-order valence-electron chi connectivity index (χ0n) is 13.8. The van der Waals surface area contributed by atoms with Crippen LogP contribution in [-0.2, 0) is 17.8 Å². The van der Waals surface area contributed by atoms with E-state index in [1.165, 1.54) is 24.3 Å². The predicted octanol–water partition coefficient (Wildman–Crippen LogP) is 2.80. The number of halogens is 2. The van der Waals surface area contributed by atoms with Gasteiger partial charge in [-0.05, 0) is 30.2 Å². The Morgan fingerprint density at radius 2 is 2.08 bits per heavy atom. The first-order valence-corrected chi connectivity index (χ1v) is 8.93. The van der Waals surface area contributed by atoms with E-state index in [1.807, 2.05) is 0 Å². The van der Waals surface area contributed by atoms with Crippen molar-refractivity contribution >= 4 is 45.7 Å². The summed E-state index contributed by atoms with van der Waals surface area (Å²) < 4.78 is 13.2. The molecule has 2 aromatic rings. The maximum Gasteiger partial charge on any atom is 0.257 e. The number of amides is 3. The minimum Gasteiger partial charge on any atom is -0.365 e. The van der Waals surface area contributed by atoms with Crippen LogP contribution in [0.3, 0.4) is 0 Å². The normalized spacial score (nSPS) is 13.3. The Labute approximate surface area is 157 Å². The third-order valence-electron chi connectivity index (χ3n) is 4.15. The van der Waals surface area contributed by atoms with E-state index in [1.54, 1.807) is 4.90 Å². The summed E-state index contributed by atoms with van der Waals surface area (Å²) in [7, 11) is 0. The number of fused-ring (bicyclic) bond motifs is 1. The van der Waals surface area contributed by atoms with Crippen molar-refractivity contribution in [2.75, 3.05) is 11.9 Å². The molecule has 0 fully saturated rings. The summed E-state index contributed by atoms with van der Waals surface area (Å²) in [4.78, 5) is 38.5. The smallest absolute Gasteiger partial charge is 0.257 e. The molecule has 0 saturated carbocycles. The molecule has 0 bridgehead atoms. The minimum atomic E-state index is -0.653. The number of nitrogens with two attached hydrogens (primary N) is 1. The van der Waals surface area contributed by atoms with E-state index in [9.17, 15) is 18.8 Å². The van der Waals surface area contributed by atoms with E-state index < -0.39 is 17.6 Å². The monoisotopic (exact) mass is 395 g/mol. The van der Waals surface area contributed by atoms with Gasteiger partial charge in [-0.3, -0.25) is 14.4 Å². The second kappa shape index (κ2) is 7.05. The van der Waals surface area contributed by atoms with Crippen molar-refractivity contribution in [1.29, 1.82) is 0 Å². The van der Waals surface area contributed by atoms with Crippen molar-refractivity contribution in [2.24, 2.45) is 5.73 Å². The van der Waals surface area contributed by atoms with E-state index in [0.29, 0.717) is 24.5 Å². The summed E-state index contributed by atoms with van der Waals surface area (Å²) in [5.74, 6) is -1.84. The highest BCUT2D eigenvalue weighted by molar-refractivity contribution is 7.17. The van der Waals surface area contributed by atoms with E-state index in [2.05, 4.69) is 5.32 Å². The summed E-state index contributed by atoms with van der Waals surface area (Å²) in [5, 5.41) is 2.91. The zero-order chi connectivity index (χ0) is 19.0. The number of carbonyl (C=O) groups excluding carboxylic acids is 3. The van der Waals surface area contributed by atoms with E-state index in [4.69, 9.17) is 17.3 Å². The van der Waals surface area contributed by atoms with Gasteiger partial charge in [0.1, 0.15) is 10.8 Å². The van der Waals surface area contributed by atoms with Crippen LogP contribution in [0.1, 0.15) is 38.1 Å². The molecule has 0 spiro atoms. The van der Waals surface area contributed by atoms with Gasteiger partial charge in [-0.15, -0.1) is 11.3 Å². The highest BCUT2D eigenvalue weighted by atomic mass is 35.5. The number of thiophene rings is 1. The second-order valence-electron chi connectivity index (χ2n) is 5.84. The maximum absolute atomic E-state index is 13.2. The lowest BCUT2D eigenvalue weighted by Crippen LogP contribution is -2.34. The maximum atomic E-state index is 13.2. The summed E-state index contributed by atoms with van der Waals surface area (Å²) in [6.07, 6.45) is 0.483. The van der Waals surface area contributed by atoms with E-state index >= 15 is 0 Å². The number of anilines is 1. The average molecular weight is 396 g/mol. The van der Waals surface area contributed by atoms with Crippen LogP contribution in [0.15, 0.2) is 18.2 Å². The Morgan fingerprint density at radius 1 is 1.35 bits per heavy atom. The van der Waals surface area contributed by atoms with Gasteiger partial charge in [-0.25, -0.2) is 4.39 Å². The molecular formula is C17H15ClFN3O3S. The summed E-state index contributed by atoms with van der Waals surface area (Å²) in [5.41, 5.74) is 6.59. The van der Waals surface area contributed by atoms with Crippen LogP contribution in [0.5, 0.6) is 0 Å². The number of benzene rings is 1. The van der Waals surface area contributed by atoms with Gasteiger partial charge in [0.05, 0.1) is 22.7 Å². The lowest BCUT2D eigenvalue weighted by molar-refractivity contribution is -0.129. The molecule has 26 heavy (non-hydrogen) atoms. The fourth-order valence-corrected chi connectivity index (χ4v) is 4.38. The van der Waals surface area contributed by atoms with Gasteiger partial charge in [-0.2, -0.15) is 0 Å². The summed E-state index contributed by atoms with van der Waals surface area (Å²) in [6.45, 7) is 2.33. The van der Waals surface area contributed by atoms with Gasteiger partial charge < -0.3 is 16.0 Å². The van der Waals surface area contributed by atoms with Crippen LogP contribution in [0.25, 0.3) is 0 Å². The molecule has 3 rings (SSSR count). The number of rotatable bonds is 3. The molecule has 1 aliphatic rings. The lowest BCUT2D eigenvalue weighted by Gasteiger charge is -2.25. The summed E-state index contributed by atoms with van der Waals surface area (Å²) in [6, 6.07) is 3.43. The van der Waals surface area contributed by atoms with Crippen LogP contribution in [0.4, 0.5) is 9.39 Å². The van der Waals surface area contributed by atoms with Crippen LogP contribution in [0.2, 0.25) is 5.02 Å². The van der Waals surface area contributed by atoms with Crippen molar-refractivity contribution in [3.8, 4) is 0 Å². The van der Waals surface area contributed by atoms with Gasteiger partial charge in [0.2, 0.25) is 5.91 Å². The third-order valence-corrected chi connectivity index (χ3v) is 5.60. The molecule has 0 unspecified atom stereocenters. The number of primary amides is 1. The Hall–Kier alpha value is -2.45. The van der Waals surface area contributed by atoms with E-state index in [0.717, 1.165) is 22.6 Å². The molecule has 0 saturated heterocycles. The highest BCUT2D eigenvalue weighted by Crippen LogP contribution is 2.37. The second-order valence-corrected chi connectivity index (χ2v) is 7.35. The zero-order valence-corrected chi connectivity index (χ0v) is 15.3. The Bertz CT molecular complexity index is 928. The fourth-order valence-electron chi connectivity index (χ4n) is 2.87. The number of nitrogens with zero attached hydrogens (tertiary/aromatic N) is 1. The van der Waals surface area contributed by atoms with Gasteiger partial charge in [-0.1, -0.05) is 11.6 Å². The molecule has 0 atom stereocenters. The Morgan fingerprint density at radius 3 is 2.69 bits per heavy atom. The van der Waals surface area contributed by atoms with Crippen molar-refractivity contribution < 1.29 is 18.8 Å². The molecule has 1 aliphatic heterocycles. The molecule has 3 amide bonds.